The highest BCUT2D eigenvalue weighted by atomic mass is 16.3. The van der Waals surface area contributed by atoms with Crippen molar-refractivity contribution in [2.24, 2.45) is 29.1 Å². The Balaban J connectivity index is 1.12. The van der Waals surface area contributed by atoms with E-state index in [4.69, 9.17) is 0 Å². The number of fused-ring (bicyclic) bond motifs is 1. The smallest absolute Gasteiger partial charge is 0.226 e. The summed E-state index contributed by atoms with van der Waals surface area (Å²) in [6.07, 6.45) is 14.4. The van der Waals surface area contributed by atoms with Crippen molar-refractivity contribution in [2.75, 3.05) is 18.4 Å². The largest absolute Gasteiger partial charge is 0.391 e. The zero-order valence-electron chi connectivity index (χ0n) is 18.6. The van der Waals surface area contributed by atoms with Gasteiger partial charge in [-0.05, 0) is 81.0 Å². The van der Waals surface area contributed by atoms with Crippen molar-refractivity contribution < 1.29 is 9.90 Å². The number of carbonyl (C=O) groups is 1. The number of anilines is 1. The summed E-state index contributed by atoms with van der Waals surface area (Å²) < 4.78 is 0. The van der Waals surface area contributed by atoms with Crippen LogP contribution in [0.15, 0.2) is 6.33 Å². The van der Waals surface area contributed by atoms with Gasteiger partial charge in [0.15, 0.2) is 0 Å². The number of nitrogens with one attached hydrogen (secondary N) is 1. The van der Waals surface area contributed by atoms with Crippen LogP contribution in [0.5, 0.6) is 0 Å². The van der Waals surface area contributed by atoms with Gasteiger partial charge in [-0.25, -0.2) is 9.97 Å². The molecule has 4 bridgehead atoms. The van der Waals surface area contributed by atoms with E-state index in [2.05, 4.69) is 15.3 Å². The fourth-order valence-corrected chi connectivity index (χ4v) is 8.12. The minimum Gasteiger partial charge on any atom is -0.391 e. The van der Waals surface area contributed by atoms with Crippen LogP contribution in [0, 0.1) is 29.1 Å². The first kappa shape index (κ1) is 20.0. The Kier molecular flexibility index (Phi) is 4.97. The van der Waals surface area contributed by atoms with E-state index in [-0.39, 0.29) is 17.4 Å². The molecular formula is C25H36N4O2. The van der Waals surface area contributed by atoms with Crippen LogP contribution in [-0.2, 0) is 17.8 Å². The molecule has 0 saturated heterocycles. The third kappa shape index (κ3) is 3.55. The van der Waals surface area contributed by atoms with Gasteiger partial charge in [0, 0.05) is 24.6 Å². The second-order valence-corrected chi connectivity index (χ2v) is 11.3. The molecule has 2 heterocycles. The molecule has 1 aliphatic heterocycles. The Hall–Kier alpha value is -1.69. The molecule has 5 saturated carbocycles. The van der Waals surface area contributed by atoms with Crippen molar-refractivity contribution in [3.05, 3.63) is 17.6 Å². The lowest BCUT2D eigenvalue weighted by molar-refractivity contribution is -0.136. The first-order chi connectivity index (χ1) is 15.1. The highest BCUT2D eigenvalue weighted by molar-refractivity contribution is 5.79. The van der Waals surface area contributed by atoms with Crippen LogP contribution >= 0.6 is 0 Å². The number of aromatic nitrogens is 2. The predicted molar refractivity (Wildman–Crippen MR) is 118 cm³/mol. The molecule has 6 aliphatic rings. The summed E-state index contributed by atoms with van der Waals surface area (Å²) in [6, 6.07) is 0. The van der Waals surface area contributed by atoms with E-state index in [0.29, 0.717) is 19.0 Å². The summed E-state index contributed by atoms with van der Waals surface area (Å²) >= 11 is 0. The quantitative estimate of drug-likeness (QED) is 0.756. The van der Waals surface area contributed by atoms with Crippen molar-refractivity contribution in [1.82, 2.24) is 14.9 Å². The Morgan fingerprint density at radius 3 is 2.48 bits per heavy atom. The van der Waals surface area contributed by atoms with E-state index in [1.165, 1.54) is 51.4 Å². The second-order valence-electron chi connectivity index (χ2n) is 11.3. The maximum absolute atomic E-state index is 12.8. The number of nitrogens with zero attached hydrogens (tertiary/aromatic N) is 3. The average Bonchev–Trinajstić information content (AvgIpc) is 3.30. The van der Waals surface area contributed by atoms with E-state index in [0.717, 1.165) is 60.6 Å². The molecule has 0 aromatic carbocycles. The van der Waals surface area contributed by atoms with Gasteiger partial charge < -0.3 is 15.3 Å². The molecule has 0 spiro atoms. The van der Waals surface area contributed by atoms with E-state index in [1.807, 2.05) is 4.90 Å². The molecule has 0 radical (unpaired) electrons. The van der Waals surface area contributed by atoms with Crippen LogP contribution in [0.3, 0.4) is 0 Å². The number of aliphatic hydroxyl groups excluding tert-OH is 1. The Bertz CT molecular complexity index is 815. The minimum atomic E-state index is -0.310. The fourth-order valence-electron chi connectivity index (χ4n) is 8.12. The molecule has 5 fully saturated rings. The van der Waals surface area contributed by atoms with Crippen molar-refractivity contribution in [1.29, 1.82) is 0 Å². The molecule has 1 atom stereocenters. The lowest BCUT2D eigenvalue weighted by Gasteiger charge is -2.58. The van der Waals surface area contributed by atoms with Gasteiger partial charge in [0.2, 0.25) is 5.91 Å². The number of aliphatic hydroxyl groups is 1. The van der Waals surface area contributed by atoms with Crippen molar-refractivity contribution >= 4 is 11.7 Å². The molecule has 5 aliphatic carbocycles. The monoisotopic (exact) mass is 424 g/mol. The molecule has 2 N–H and O–H groups in total. The molecule has 1 unspecified atom stereocenters. The Morgan fingerprint density at radius 1 is 1.13 bits per heavy atom. The zero-order chi connectivity index (χ0) is 21.0. The summed E-state index contributed by atoms with van der Waals surface area (Å²) in [5.41, 5.74) is 2.23. The molecule has 6 heteroatoms. The van der Waals surface area contributed by atoms with E-state index < -0.39 is 0 Å². The number of rotatable bonds is 5. The number of carbonyl (C=O) groups excluding carboxylic acids is 1. The minimum absolute atomic E-state index is 0.124. The van der Waals surface area contributed by atoms with Gasteiger partial charge in [0.1, 0.15) is 12.1 Å². The summed E-state index contributed by atoms with van der Waals surface area (Å²) in [5.74, 6) is 3.93. The van der Waals surface area contributed by atoms with Crippen molar-refractivity contribution in [3.63, 3.8) is 0 Å². The SMILES string of the molecule is O=C(C1CCCC1)N1CCc2c(ncnc2NCC(O)C23CC4CC(CC(C4)C2)C3)C1. The first-order valence-electron chi connectivity index (χ1n) is 12.6. The van der Waals surface area contributed by atoms with Gasteiger partial charge >= 0.3 is 0 Å². The molecule has 6 nitrogen and oxygen atoms in total. The van der Waals surface area contributed by atoms with Gasteiger partial charge in [0.05, 0.1) is 18.3 Å². The van der Waals surface area contributed by atoms with E-state index >= 15 is 0 Å². The van der Waals surface area contributed by atoms with Crippen LogP contribution in [0.2, 0.25) is 0 Å². The molecule has 31 heavy (non-hydrogen) atoms. The third-order valence-electron chi connectivity index (χ3n) is 9.28. The average molecular weight is 425 g/mol. The highest BCUT2D eigenvalue weighted by Gasteiger charge is 2.53. The third-order valence-corrected chi connectivity index (χ3v) is 9.28. The Labute approximate surface area is 185 Å². The van der Waals surface area contributed by atoms with Crippen molar-refractivity contribution in [2.45, 2.75) is 83.3 Å². The molecule has 7 rings (SSSR count). The number of amides is 1. The summed E-state index contributed by atoms with van der Waals surface area (Å²) in [6.45, 7) is 1.92. The van der Waals surface area contributed by atoms with Gasteiger partial charge in [-0.3, -0.25) is 4.79 Å². The number of hydrogen-bond donors (Lipinski definition) is 2. The second kappa shape index (κ2) is 7.72. The molecular weight excluding hydrogens is 388 g/mol. The zero-order valence-corrected chi connectivity index (χ0v) is 18.6. The molecule has 168 valence electrons. The molecule has 1 aromatic rings. The van der Waals surface area contributed by atoms with Crippen LogP contribution in [-0.4, -0.2) is 45.1 Å². The summed E-state index contributed by atoms with van der Waals surface area (Å²) in [5, 5.41) is 14.7. The van der Waals surface area contributed by atoms with Crippen LogP contribution in [0.4, 0.5) is 5.82 Å². The van der Waals surface area contributed by atoms with Crippen LogP contribution in [0.1, 0.15) is 75.5 Å². The maximum atomic E-state index is 12.8. The lowest BCUT2D eigenvalue weighted by atomic mass is 9.48. The molecule has 1 amide bonds. The van der Waals surface area contributed by atoms with Gasteiger partial charge in [-0.15, -0.1) is 0 Å². The first-order valence-corrected chi connectivity index (χ1v) is 12.6. The van der Waals surface area contributed by atoms with Gasteiger partial charge in [-0.2, -0.15) is 0 Å². The fraction of sp³-hybridized carbons (Fsp3) is 0.800. The highest BCUT2D eigenvalue weighted by Crippen LogP contribution is 2.61. The Morgan fingerprint density at radius 2 is 1.81 bits per heavy atom. The standard InChI is InChI=1S/C25H36N4O2/c30-22(25-10-16-7-17(11-25)9-18(8-16)12-25)13-26-23-20-5-6-29(14-21(20)27-15-28-23)24(31)19-3-1-2-4-19/h15-19,22,30H,1-14H2,(H,26,27,28). The summed E-state index contributed by atoms with van der Waals surface area (Å²) in [7, 11) is 0. The van der Waals surface area contributed by atoms with Crippen LogP contribution < -0.4 is 5.32 Å². The predicted octanol–water partition coefficient (Wildman–Crippen LogP) is 3.54. The van der Waals surface area contributed by atoms with E-state index in [1.54, 1.807) is 6.33 Å². The summed E-state index contributed by atoms with van der Waals surface area (Å²) in [4.78, 5) is 23.9. The normalized spacial score (nSPS) is 35.3. The van der Waals surface area contributed by atoms with Gasteiger partial charge in [0.25, 0.3) is 0 Å². The lowest BCUT2D eigenvalue weighted by Crippen LogP contribution is -2.53. The topological polar surface area (TPSA) is 78.4 Å². The maximum Gasteiger partial charge on any atom is 0.226 e. The molecule has 1 aromatic heterocycles. The number of hydrogen-bond acceptors (Lipinski definition) is 5. The van der Waals surface area contributed by atoms with E-state index in [9.17, 15) is 9.90 Å². The van der Waals surface area contributed by atoms with Crippen molar-refractivity contribution in [3.8, 4) is 0 Å². The van der Waals surface area contributed by atoms with Crippen LogP contribution in [0.25, 0.3) is 0 Å². The van der Waals surface area contributed by atoms with Gasteiger partial charge in [-0.1, -0.05) is 12.8 Å².